The molecule has 0 fully saturated rings. The molecule has 1 aliphatic rings. The zero-order valence-electron chi connectivity index (χ0n) is 13.8. The average molecular weight is 274 g/mol. The summed E-state index contributed by atoms with van der Waals surface area (Å²) >= 11 is 0. The summed E-state index contributed by atoms with van der Waals surface area (Å²) in [5, 5.41) is 9.96. The normalized spacial score (nSPS) is 17.9. The smallest absolute Gasteiger partial charge is 0.0764 e. The fourth-order valence-electron chi connectivity index (χ4n) is 2.77. The third kappa shape index (κ3) is 5.50. The highest BCUT2D eigenvalue weighted by Gasteiger charge is 2.16. The van der Waals surface area contributed by atoms with Crippen molar-refractivity contribution in [2.24, 2.45) is 0 Å². The zero-order valence-corrected chi connectivity index (χ0v) is 13.8. The molecule has 0 unspecified atom stereocenters. The summed E-state index contributed by atoms with van der Waals surface area (Å²) < 4.78 is 0. The van der Waals surface area contributed by atoms with Crippen molar-refractivity contribution < 1.29 is 5.11 Å². The number of allylic oxidation sites excluding steroid dienone is 6. The van der Waals surface area contributed by atoms with E-state index in [0.29, 0.717) is 0 Å². The highest BCUT2D eigenvalue weighted by Crippen LogP contribution is 2.30. The predicted octanol–water partition coefficient (Wildman–Crippen LogP) is 5.49. The lowest BCUT2D eigenvalue weighted by Gasteiger charge is -2.22. The summed E-state index contributed by atoms with van der Waals surface area (Å²) in [6.07, 6.45) is 12.0. The summed E-state index contributed by atoms with van der Waals surface area (Å²) in [5.74, 6) is 0. The lowest BCUT2D eigenvalue weighted by atomic mass is 9.86. The third-order valence-corrected chi connectivity index (χ3v) is 3.90. The standard InChI is InChI=1S/C19H30O/c1-14(2)8-6-9-15(3)12-13-18-11-7-10-16(4)19(18)17(5)20/h8,11-12,17,20H,6-7,9-10,13H2,1-5H3/b15-12-/t17-/m0/s1. The molecule has 0 aromatic carbocycles. The van der Waals surface area contributed by atoms with Crippen molar-refractivity contribution in [3.63, 3.8) is 0 Å². The van der Waals surface area contributed by atoms with Crippen molar-refractivity contribution >= 4 is 0 Å². The monoisotopic (exact) mass is 274 g/mol. The first kappa shape index (κ1) is 17.0. The van der Waals surface area contributed by atoms with Crippen LogP contribution in [0.4, 0.5) is 0 Å². The lowest BCUT2D eigenvalue weighted by molar-refractivity contribution is 0.231. The maximum absolute atomic E-state index is 9.96. The van der Waals surface area contributed by atoms with Crippen LogP contribution in [0.3, 0.4) is 0 Å². The molecule has 0 spiro atoms. The van der Waals surface area contributed by atoms with Gasteiger partial charge in [-0.3, -0.25) is 0 Å². The molecule has 0 saturated heterocycles. The molecule has 1 aliphatic carbocycles. The fraction of sp³-hybridized carbons (Fsp3) is 0.579. The van der Waals surface area contributed by atoms with E-state index in [4.69, 9.17) is 0 Å². The number of hydrogen-bond donors (Lipinski definition) is 1. The molecule has 0 aromatic rings. The van der Waals surface area contributed by atoms with Gasteiger partial charge in [0.15, 0.2) is 0 Å². The highest BCUT2D eigenvalue weighted by atomic mass is 16.3. The van der Waals surface area contributed by atoms with Crippen LogP contribution in [-0.2, 0) is 0 Å². The molecule has 0 radical (unpaired) electrons. The number of aliphatic hydroxyl groups is 1. The van der Waals surface area contributed by atoms with Gasteiger partial charge in [0, 0.05) is 0 Å². The first-order valence-corrected chi connectivity index (χ1v) is 7.78. The Labute approximate surface area is 124 Å². The molecule has 1 heteroatoms. The molecule has 0 heterocycles. The Kier molecular flexibility index (Phi) is 7.01. The van der Waals surface area contributed by atoms with Crippen LogP contribution in [0.1, 0.15) is 66.7 Å². The Bertz CT molecular complexity index is 440. The first-order valence-electron chi connectivity index (χ1n) is 7.78. The molecule has 0 aliphatic heterocycles. The minimum atomic E-state index is -0.346. The second-order valence-corrected chi connectivity index (χ2v) is 6.21. The average Bonchev–Trinajstić information content (AvgIpc) is 2.35. The van der Waals surface area contributed by atoms with Gasteiger partial charge in [0.25, 0.3) is 0 Å². The van der Waals surface area contributed by atoms with Gasteiger partial charge in [-0.2, -0.15) is 0 Å². The van der Waals surface area contributed by atoms with E-state index < -0.39 is 0 Å². The minimum Gasteiger partial charge on any atom is -0.389 e. The quantitative estimate of drug-likeness (QED) is 0.635. The Morgan fingerprint density at radius 3 is 2.60 bits per heavy atom. The van der Waals surface area contributed by atoms with Crippen molar-refractivity contribution in [2.75, 3.05) is 0 Å². The Morgan fingerprint density at radius 1 is 1.30 bits per heavy atom. The van der Waals surface area contributed by atoms with Crippen molar-refractivity contribution in [1.82, 2.24) is 0 Å². The molecule has 0 saturated carbocycles. The van der Waals surface area contributed by atoms with Crippen LogP contribution < -0.4 is 0 Å². The number of hydrogen-bond acceptors (Lipinski definition) is 1. The fourth-order valence-corrected chi connectivity index (χ4v) is 2.77. The van der Waals surface area contributed by atoms with E-state index in [9.17, 15) is 5.11 Å². The number of aliphatic hydroxyl groups excluding tert-OH is 1. The van der Waals surface area contributed by atoms with Gasteiger partial charge in [0.1, 0.15) is 0 Å². The van der Waals surface area contributed by atoms with E-state index in [1.54, 1.807) is 0 Å². The second kappa shape index (κ2) is 8.26. The van der Waals surface area contributed by atoms with Crippen LogP contribution >= 0.6 is 0 Å². The highest BCUT2D eigenvalue weighted by molar-refractivity contribution is 5.41. The van der Waals surface area contributed by atoms with E-state index >= 15 is 0 Å². The van der Waals surface area contributed by atoms with Crippen LogP contribution in [0, 0.1) is 0 Å². The van der Waals surface area contributed by atoms with Gasteiger partial charge in [-0.05, 0) is 77.9 Å². The molecule has 0 aromatic heterocycles. The summed E-state index contributed by atoms with van der Waals surface area (Å²) in [4.78, 5) is 0. The van der Waals surface area contributed by atoms with Crippen molar-refractivity contribution in [1.29, 1.82) is 0 Å². The van der Waals surface area contributed by atoms with Crippen molar-refractivity contribution in [3.8, 4) is 0 Å². The zero-order chi connectivity index (χ0) is 15.1. The molecular weight excluding hydrogens is 244 g/mol. The third-order valence-electron chi connectivity index (χ3n) is 3.90. The van der Waals surface area contributed by atoms with Crippen LogP contribution in [0.2, 0.25) is 0 Å². The van der Waals surface area contributed by atoms with E-state index in [2.05, 4.69) is 45.9 Å². The SMILES string of the molecule is CC(C)=CCC/C(C)=C\CC1=CCCC(C)=C1[C@H](C)O. The van der Waals surface area contributed by atoms with E-state index in [-0.39, 0.29) is 6.10 Å². The van der Waals surface area contributed by atoms with Gasteiger partial charge >= 0.3 is 0 Å². The van der Waals surface area contributed by atoms with Crippen LogP contribution in [-0.4, -0.2) is 11.2 Å². The molecule has 0 amide bonds. The van der Waals surface area contributed by atoms with E-state index in [1.807, 2.05) is 6.92 Å². The summed E-state index contributed by atoms with van der Waals surface area (Å²) in [6.45, 7) is 10.5. The Balaban J connectivity index is 2.63. The summed E-state index contributed by atoms with van der Waals surface area (Å²) in [5.41, 5.74) is 6.68. The van der Waals surface area contributed by atoms with Gasteiger partial charge in [0.2, 0.25) is 0 Å². The molecule has 1 N–H and O–H groups in total. The van der Waals surface area contributed by atoms with Gasteiger partial charge in [0.05, 0.1) is 6.10 Å². The Hall–Kier alpha value is -1.08. The molecule has 1 atom stereocenters. The predicted molar refractivity (Wildman–Crippen MR) is 88.7 cm³/mol. The van der Waals surface area contributed by atoms with Gasteiger partial charge in [-0.1, -0.05) is 34.9 Å². The van der Waals surface area contributed by atoms with Gasteiger partial charge in [-0.15, -0.1) is 0 Å². The molecule has 0 bridgehead atoms. The first-order chi connectivity index (χ1) is 9.41. The van der Waals surface area contributed by atoms with Gasteiger partial charge in [-0.25, -0.2) is 0 Å². The second-order valence-electron chi connectivity index (χ2n) is 6.21. The summed E-state index contributed by atoms with van der Waals surface area (Å²) in [7, 11) is 0. The lowest BCUT2D eigenvalue weighted by Crippen LogP contribution is -2.12. The van der Waals surface area contributed by atoms with Crippen LogP contribution in [0.5, 0.6) is 0 Å². The van der Waals surface area contributed by atoms with Crippen molar-refractivity contribution in [2.45, 2.75) is 72.8 Å². The van der Waals surface area contributed by atoms with Gasteiger partial charge < -0.3 is 5.11 Å². The van der Waals surface area contributed by atoms with Crippen LogP contribution in [0.15, 0.2) is 46.1 Å². The summed E-state index contributed by atoms with van der Waals surface area (Å²) in [6, 6.07) is 0. The molecule has 112 valence electrons. The number of rotatable bonds is 6. The minimum absolute atomic E-state index is 0.346. The molecule has 1 nitrogen and oxygen atoms in total. The maximum Gasteiger partial charge on any atom is 0.0764 e. The Morgan fingerprint density at radius 2 is 2.00 bits per heavy atom. The topological polar surface area (TPSA) is 20.2 Å². The maximum atomic E-state index is 9.96. The van der Waals surface area contributed by atoms with E-state index in [0.717, 1.165) is 32.1 Å². The molecule has 1 rings (SSSR count). The van der Waals surface area contributed by atoms with Crippen LogP contribution in [0.25, 0.3) is 0 Å². The molecule has 20 heavy (non-hydrogen) atoms. The van der Waals surface area contributed by atoms with Crippen molar-refractivity contribution in [3.05, 3.63) is 46.1 Å². The van der Waals surface area contributed by atoms with E-state index in [1.165, 1.54) is 27.9 Å². The largest absolute Gasteiger partial charge is 0.389 e. The molecular formula is C19H30O.